The van der Waals surface area contributed by atoms with Crippen molar-refractivity contribution in [2.75, 3.05) is 10.6 Å². The van der Waals surface area contributed by atoms with Gasteiger partial charge in [-0.15, -0.1) is 10.2 Å². The minimum atomic E-state index is -0.378. The molecule has 0 unspecified atom stereocenters. The lowest BCUT2D eigenvalue weighted by Gasteiger charge is -2.07. The number of benzene rings is 1. The number of carbonyl (C=O) groups is 1. The summed E-state index contributed by atoms with van der Waals surface area (Å²) in [6.45, 7) is 3.88. The van der Waals surface area contributed by atoms with E-state index in [4.69, 9.17) is 0 Å². The van der Waals surface area contributed by atoms with Crippen molar-refractivity contribution in [3.63, 3.8) is 0 Å². The molecule has 10 heteroatoms. The second-order valence-electron chi connectivity index (χ2n) is 6.57. The van der Waals surface area contributed by atoms with E-state index in [1.54, 1.807) is 6.20 Å². The Hall–Kier alpha value is -3.24. The molecule has 2 N–H and O–H groups in total. The fourth-order valence-electron chi connectivity index (χ4n) is 2.75. The average molecular weight is 439 g/mol. The van der Waals surface area contributed by atoms with Gasteiger partial charge >= 0.3 is 6.03 Å². The van der Waals surface area contributed by atoms with E-state index in [-0.39, 0.29) is 11.6 Å². The average Bonchev–Trinajstić information content (AvgIpc) is 3.15. The Balaban J connectivity index is 1.39. The van der Waals surface area contributed by atoms with Crippen LogP contribution in [0.4, 0.5) is 15.6 Å². The van der Waals surface area contributed by atoms with Crippen molar-refractivity contribution < 1.29 is 4.79 Å². The molecule has 152 valence electrons. The highest BCUT2D eigenvalue weighted by Crippen LogP contribution is 2.28. The summed E-state index contributed by atoms with van der Waals surface area (Å²) in [6.07, 6.45) is 1.72. The quantitative estimate of drug-likeness (QED) is 0.359. The Bertz CT molecular complexity index is 1280. The fourth-order valence-corrected chi connectivity index (χ4v) is 4.39. The van der Waals surface area contributed by atoms with Crippen LogP contribution in [0.3, 0.4) is 0 Å². The number of fused-ring (bicyclic) bond motifs is 1. The number of nitrogens with zero attached hydrogens (tertiary/aromatic N) is 4. The van der Waals surface area contributed by atoms with Crippen molar-refractivity contribution in [1.29, 1.82) is 0 Å². The molecule has 1 aromatic carbocycles. The highest BCUT2D eigenvalue weighted by molar-refractivity contribution is 8.00. The SMILES string of the molecule is Cc1ccn2c(=O)cc(CSc3nnc(NC(=O)Nc4ccccc4C)s3)nc2c1. The first-order chi connectivity index (χ1) is 14.5. The molecule has 30 heavy (non-hydrogen) atoms. The van der Waals surface area contributed by atoms with Crippen LogP contribution < -0.4 is 16.2 Å². The third kappa shape index (κ3) is 4.66. The number of amides is 2. The first-order valence-electron chi connectivity index (χ1n) is 9.07. The lowest BCUT2D eigenvalue weighted by atomic mass is 10.2. The molecule has 8 nitrogen and oxygen atoms in total. The number of para-hydroxylation sites is 1. The minimum Gasteiger partial charge on any atom is -0.307 e. The van der Waals surface area contributed by atoms with Gasteiger partial charge in [0.15, 0.2) is 4.34 Å². The van der Waals surface area contributed by atoms with E-state index in [1.807, 2.05) is 50.2 Å². The molecule has 0 bridgehead atoms. The predicted molar refractivity (Wildman–Crippen MR) is 119 cm³/mol. The maximum absolute atomic E-state index is 12.3. The largest absolute Gasteiger partial charge is 0.325 e. The molecular formula is C20H18N6O2S2. The first-order valence-corrected chi connectivity index (χ1v) is 10.9. The molecule has 0 radical (unpaired) electrons. The third-order valence-electron chi connectivity index (χ3n) is 4.24. The van der Waals surface area contributed by atoms with Crippen LogP contribution in [0.1, 0.15) is 16.8 Å². The van der Waals surface area contributed by atoms with E-state index in [0.29, 0.717) is 26.6 Å². The lowest BCUT2D eigenvalue weighted by Crippen LogP contribution is -2.19. The van der Waals surface area contributed by atoms with Gasteiger partial charge in [-0.25, -0.2) is 9.78 Å². The molecule has 3 aromatic heterocycles. The van der Waals surface area contributed by atoms with Crippen molar-refractivity contribution >= 4 is 45.6 Å². The zero-order valence-corrected chi connectivity index (χ0v) is 17.9. The number of aromatic nitrogens is 4. The lowest BCUT2D eigenvalue weighted by molar-refractivity contribution is 0.262. The van der Waals surface area contributed by atoms with Gasteiger partial charge in [-0.1, -0.05) is 41.3 Å². The predicted octanol–water partition coefficient (Wildman–Crippen LogP) is 4.10. The van der Waals surface area contributed by atoms with Crippen LogP contribution >= 0.6 is 23.1 Å². The Morgan fingerprint density at radius 3 is 2.80 bits per heavy atom. The van der Waals surface area contributed by atoms with E-state index >= 15 is 0 Å². The summed E-state index contributed by atoms with van der Waals surface area (Å²) >= 11 is 2.68. The molecule has 4 rings (SSSR count). The molecule has 0 saturated carbocycles. The number of carbonyl (C=O) groups excluding carboxylic acids is 1. The van der Waals surface area contributed by atoms with Crippen molar-refractivity contribution in [3.05, 3.63) is 75.8 Å². The maximum Gasteiger partial charge on any atom is 0.325 e. The molecule has 3 heterocycles. The van der Waals surface area contributed by atoms with Crippen LogP contribution in [-0.2, 0) is 5.75 Å². The number of thioether (sulfide) groups is 1. The van der Waals surface area contributed by atoms with Gasteiger partial charge in [0.1, 0.15) is 5.65 Å². The normalized spacial score (nSPS) is 10.9. The second-order valence-corrected chi connectivity index (χ2v) is 8.77. The van der Waals surface area contributed by atoms with Gasteiger partial charge in [0.25, 0.3) is 5.56 Å². The van der Waals surface area contributed by atoms with Crippen molar-refractivity contribution in [1.82, 2.24) is 19.6 Å². The summed E-state index contributed by atoms with van der Waals surface area (Å²) in [6, 6.07) is 12.4. The molecule has 0 aliphatic heterocycles. The summed E-state index contributed by atoms with van der Waals surface area (Å²) in [5, 5.41) is 14.0. The van der Waals surface area contributed by atoms with E-state index in [0.717, 1.165) is 16.8 Å². The number of aryl methyl sites for hydroxylation is 2. The van der Waals surface area contributed by atoms with E-state index in [2.05, 4.69) is 25.8 Å². The molecule has 0 spiro atoms. The minimum absolute atomic E-state index is 0.122. The molecule has 0 fully saturated rings. The van der Waals surface area contributed by atoms with Gasteiger partial charge in [0, 0.05) is 23.7 Å². The van der Waals surface area contributed by atoms with Crippen LogP contribution in [0.25, 0.3) is 5.65 Å². The summed E-state index contributed by atoms with van der Waals surface area (Å²) in [5.41, 5.74) is 3.90. The number of nitrogens with one attached hydrogen (secondary N) is 2. The van der Waals surface area contributed by atoms with Crippen molar-refractivity contribution in [2.45, 2.75) is 23.9 Å². The number of pyridine rings is 1. The molecule has 0 aliphatic carbocycles. The standard InChI is InChI=1S/C20H18N6O2S2/c1-12-7-8-26-16(9-12)21-14(10-17(26)27)11-29-20-25-24-19(30-20)23-18(28)22-15-6-4-3-5-13(15)2/h3-10H,11H2,1-2H3,(H2,22,23,24,28). The van der Waals surface area contributed by atoms with Gasteiger partial charge in [0.05, 0.1) is 5.69 Å². The fraction of sp³-hybridized carbons (Fsp3) is 0.150. The zero-order valence-electron chi connectivity index (χ0n) is 16.2. The molecule has 2 amide bonds. The Morgan fingerprint density at radius 1 is 1.13 bits per heavy atom. The molecule has 0 aliphatic rings. The van der Waals surface area contributed by atoms with Gasteiger partial charge in [0.2, 0.25) is 5.13 Å². The third-order valence-corrected chi connectivity index (χ3v) is 6.25. The summed E-state index contributed by atoms with van der Waals surface area (Å²) in [4.78, 5) is 29.0. The second kappa shape index (κ2) is 8.64. The van der Waals surface area contributed by atoms with Gasteiger partial charge < -0.3 is 5.32 Å². The van der Waals surface area contributed by atoms with Crippen molar-refractivity contribution in [2.24, 2.45) is 0 Å². The Kier molecular flexibility index (Phi) is 5.77. The summed E-state index contributed by atoms with van der Waals surface area (Å²) in [7, 11) is 0. The number of rotatable bonds is 5. The highest BCUT2D eigenvalue weighted by Gasteiger charge is 2.11. The Labute approximate surface area is 180 Å². The summed E-state index contributed by atoms with van der Waals surface area (Å²) < 4.78 is 2.19. The van der Waals surface area contributed by atoms with Crippen LogP contribution in [0.15, 0.2) is 57.8 Å². The smallest absolute Gasteiger partial charge is 0.307 e. The summed E-state index contributed by atoms with van der Waals surface area (Å²) in [5.74, 6) is 0.476. The topological polar surface area (TPSA) is 101 Å². The number of hydrogen-bond acceptors (Lipinski definition) is 7. The molecule has 4 aromatic rings. The van der Waals surface area contributed by atoms with Crippen LogP contribution in [0.5, 0.6) is 0 Å². The van der Waals surface area contributed by atoms with Gasteiger partial charge in [-0.3, -0.25) is 14.5 Å². The number of urea groups is 1. The van der Waals surface area contributed by atoms with Crippen LogP contribution in [0.2, 0.25) is 0 Å². The van der Waals surface area contributed by atoms with Crippen LogP contribution in [-0.4, -0.2) is 25.6 Å². The van der Waals surface area contributed by atoms with Crippen LogP contribution in [0, 0.1) is 13.8 Å². The maximum atomic E-state index is 12.3. The number of hydrogen-bond donors (Lipinski definition) is 2. The van der Waals surface area contributed by atoms with E-state index in [1.165, 1.54) is 33.6 Å². The van der Waals surface area contributed by atoms with E-state index in [9.17, 15) is 9.59 Å². The zero-order chi connectivity index (χ0) is 21.1. The van der Waals surface area contributed by atoms with Gasteiger partial charge in [-0.2, -0.15) is 0 Å². The van der Waals surface area contributed by atoms with Gasteiger partial charge in [-0.05, 0) is 43.2 Å². The number of anilines is 2. The molecular weight excluding hydrogens is 420 g/mol. The molecule has 0 saturated heterocycles. The monoisotopic (exact) mass is 438 g/mol. The van der Waals surface area contributed by atoms with E-state index < -0.39 is 0 Å². The Morgan fingerprint density at radius 2 is 1.97 bits per heavy atom. The van der Waals surface area contributed by atoms with Crippen molar-refractivity contribution in [3.8, 4) is 0 Å². The molecule has 0 atom stereocenters. The highest BCUT2D eigenvalue weighted by atomic mass is 32.2. The first kappa shape index (κ1) is 20.0.